The van der Waals surface area contributed by atoms with Crippen LogP contribution in [0.5, 0.6) is 0 Å². The fourth-order valence-corrected chi connectivity index (χ4v) is 4.77. The number of nitro groups is 1. The summed E-state index contributed by atoms with van der Waals surface area (Å²) in [5, 5.41) is 10.1. The first kappa shape index (κ1) is 14.1. The summed E-state index contributed by atoms with van der Waals surface area (Å²) in [6.07, 6.45) is 0.981. The molecule has 0 bridgehead atoms. The number of nitrogens with one attached hydrogen (secondary N) is 1. The summed E-state index contributed by atoms with van der Waals surface area (Å²) in [5.74, 6) is 0. The van der Waals surface area contributed by atoms with E-state index in [1.165, 1.54) is 6.92 Å². The molecule has 8 nitrogen and oxygen atoms in total. The second-order valence-electron chi connectivity index (χ2n) is 3.21. The summed E-state index contributed by atoms with van der Waals surface area (Å²) in [6.45, 7) is 1.50. The number of rotatable bonds is 4. The fourth-order valence-electron chi connectivity index (χ4n) is 1.16. The number of aryl methyl sites for hydroxylation is 1. The second kappa shape index (κ2) is 5.00. The molecule has 0 saturated heterocycles. The predicted molar refractivity (Wildman–Crippen MR) is 71.4 cm³/mol. The van der Waals surface area contributed by atoms with Crippen LogP contribution in [0.4, 0.5) is 10.1 Å². The monoisotopic (exact) mass is 340 g/mol. The van der Waals surface area contributed by atoms with Crippen LogP contribution in [0.1, 0.15) is 5.69 Å². The molecular formula is C7H5ClN4O4S3. The Morgan fingerprint density at radius 1 is 1.47 bits per heavy atom. The van der Waals surface area contributed by atoms with Gasteiger partial charge in [0.2, 0.25) is 5.13 Å². The van der Waals surface area contributed by atoms with E-state index in [0.29, 0.717) is 11.3 Å². The van der Waals surface area contributed by atoms with Crippen molar-refractivity contribution in [3.05, 3.63) is 26.5 Å². The van der Waals surface area contributed by atoms with Crippen LogP contribution in [-0.2, 0) is 10.0 Å². The molecule has 0 fully saturated rings. The lowest BCUT2D eigenvalue weighted by Crippen LogP contribution is -2.12. The minimum Gasteiger partial charge on any atom is -0.257 e. The Bertz CT molecular complexity index is 737. The molecule has 12 heteroatoms. The van der Waals surface area contributed by atoms with Gasteiger partial charge in [-0.25, -0.2) is 18.4 Å². The van der Waals surface area contributed by atoms with Crippen LogP contribution in [-0.4, -0.2) is 23.3 Å². The SMILES string of the molecule is Cc1nc(Cl)sc1S(=O)(=O)Nc1ncc([N+](=O)[O-])s1. The molecule has 2 aromatic heterocycles. The van der Waals surface area contributed by atoms with E-state index in [1.807, 2.05) is 0 Å². The molecule has 2 aromatic rings. The Morgan fingerprint density at radius 3 is 2.63 bits per heavy atom. The van der Waals surface area contributed by atoms with Crippen molar-refractivity contribution in [2.45, 2.75) is 11.1 Å². The summed E-state index contributed by atoms with van der Waals surface area (Å²) in [4.78, 5) is 17.2. The maximum absolute atomic E-state index is 12.0. The summed E-state index contributed by atoms with van der Waals surface area (Å²) < 4.78 is 26.2. The van der Waals surface area contributed by atoms with Gasteiger partial charge in [0.1, 0.15) is 6.20 Å². The lowest BCUT2D eigenvalue weighted by atomic mass is 10.6. The van der Waals surface area contributed by atoms with Gasteiger partial charge in [-0.2, -0.15) is 0 Å². The molecule has 0 unspecified atom stereocenters. The van der Waals surface area contributed by atoms with Gasteiger partial charge in [0.15, 0.2) is 8.68 Å². The Morgan fingerprint density at radius 2 is 2.16 bits per heavy atom. The molecule has 0 aliphatic rings. The molecule has 19 heavy (non-hydrogen) atoms. The van der Waals surface area contributed by atoms with Crippen molar-refractivity contribution in [1.29, 1.82) is 0 Å². The molecule has 0 saturated carbocycles. The van der Waals surface area contributed by atoms with E-state index in [0.717, 1.165) is 17.5 Å². The molecule has 0 spiro atoms. The van der Waals surface area contributed by atoms with Crippen molar-refractivity contribution in [3.8, 4) is 0 Å². The molecule has 0 aromatic carbocycles. The van der Waals surface area contributed by atoms with Crippen LogP contribution in [0, 0.1) is 17.0 Å². The summed E-state index contributed by atoms with van der Waals surface area (Å²) in [7, 11) is -3.89. The second-order valence-corrected chi connectivity index (χ2v) is 7.67. The zero-order valence-corrected chi connectivity index (χ0v) is 12.4. The van der Waals surface area contributed by atoms with Crippen LogP contribution in [0.2, 0.25) is 4.47 Å². The molecule has 2 heterocycles. The van der Waals surface area contributed by atoms with E-state index >= 15 is 0 Å². The predicted octanol–water partition coefficient (Wildman–Crippen LogP) is 2.27. The lowest BCUT2D eigenvalue weighted by Gasteiger charge is -2.01. The quantitative estimate of drug-likeness (QED) is 0.674. The summed E-state index contributed by atoms with van der Waals surface area (Å²) in [6, 6.07) is 0. The Balaban J connectivity index is 2.31. The highest BCUT2D eigenvalue weighted by Crippen LogP contribution is 2.31. The van der Waals surface area contributed by atoms with Crippen LogP contribution in [0.3, 0.4) is 0 Å². The third kappa shape index (κ3) is 3.00. The van der Waals surface area contributed by atoms with Crippen molar-refractivity contribution in [2.24, 2.45) is 0 Å². The van der Waals surface area contributed by atoms with E-state index in [1.54, 1.807) is 0 Å². The van der Waals surface area contributed by atoms with Gasteiger partial charge in [0, 0.05) is 0 Å². The first-order valence-electron chi connectivity index (χ1n) is 4.55. The molecule has 2 rings (SSSR count). The van der Waals surface area contributed by atoms with Crippen molar-refractivity contribution in [2.75, 3.05) is 4.72 Å². The van der Waals surface area contributed by atoms with Crippen LogP contribution in [0.25, 0.3) is 0 Å². The van der Waals surface area contributed by atoms with Gasteiger partial charge in [-0.3, -0.25) is 14.8 Å². The van der Waals surface area contributed by atoms with E-state index in [4.69, 9.17) is 11.6 Å². The first-order chi connectivity index (χ1) is 8.79. The minimum absolute atomic E-state index is 0.0460. The molecule has 0 amide bonds. The van der Waals surface area contributed by atoms with Crippen molar-refractivity contribution < 1.29 is 13.3 Å². The molecule has 0 aliphatic heterocycles. The largest absolute Gasteiger partial charge is 0.345 e. The maximum atomic E-state index is 12.0. The molecule has 0 atom stereocenters. The van der Waals surface area contributed by atoms with Gasteiger partial charge in [-0.1, -0.05) is 22.9 Å². The molecule has 102 valence electrons. The summed E-state index contributed by atoms with van der Waals surface area (Å²) >= 11 is 7.06. The topological polar surface area (TPSA) is 115 Å². The molecule has 1 N–H and O–H groups in total. The van der Waals surface area contributed by atoms with Crippen molar-refractivity contribution >= 4 is 54.4 Å². The number of hydrogen-bond acceptors (Lipinski definition) is 8. The molecular weight excluding hydrogens is 336 g/mol. The standard InChI is InChI=1S/C7H5ClN4O4S3/c1-3-5(18-6(8)10-3)19(15,16)11-7-9-2-4(17-7)12(13)14/h2H,1H3,(H,9,11). The third-order valence-corrected chi connectivity index (χ3v) is 6.07. The van der Waals surface area contributed by atoms with Gasteiger partial charge >= 0.3 is 5.00 Å². The number of sulfonamides is 1. The zero-order chi connectivity index (χ0) is 14.2. The van der Waals surface area contributed by atoms with Crippen LogP contribution < -0.4 is 4.72 Å². The van der Waals surface area contributed by atoms with Gasteiger partial charge < -0.3 is 0 Å². The number of thiazole rings is 2. The highest BCUT2D eigenvalue weighted by molar-refractivity contribution is 7.95. The minimum atomic E-state index is -3.89. The van der Waals surface area contributed by atoms with E-state index in [9.17, 15) is 18.5 Å². The maximum Gasteiger partial charge on any atom is 0.345 e. The number of nitrogens with zero attached hydrogens (tertiary/aromatic N) is 3. The van der Waals surface area contributed by atoms with E-state index in [2.05, 4.69) is 14.7 Å². The van der Waals surface area contributed by atoms with Crippen molar-refractivity contribution in [1.82, 2.24) is 9.97 Å². The fraction of sp³-hybridized carbons (Fsp3) is 0.143. The average molecular weight is 341 g/mol. The lowest BCUT2D eigenvalue weighted by molar-refractivity contribution is -0.380. The smallest absolute Gasteiger partial charge is 0.257 e. The molecule has 0 aliphatic carbocycles. The van der Waals surface area contributed by atoms with Crippen molar-refractivity contribution in [3.63, 3.8) is 0 Å². The highest BCUT2D eigenvalue weighted by Gasteiger charge is 2.24. The average Bonchev–Trinajstić information content (AvgIpc) is 2.85. The van der Waals surface area contributed by atoms with Gasteiger partial charge in [0.25, 0.3) is 10.0 Å². The number of anilines is 1. The third-order valence-electron chi connectivity index (χ3n) is 1.87. The van der Waals surface area contributed by atoms with Gasteiger partial charge in [-0.15, -0.1) is 0 Å². The number of aromatic nitrogens is 2. The summed E-state index contributed by atoms with van der Waals surface area (Å²) in [5.41, 5.74) is 0.258. The normalized spacial score (nSPS) is 11.5. The number of hydrogen-bond donors (Lipinski definition) is 1. The highest BCUT2D eigenvalue weighted by atomic mass is 35.5. The first-order valence-corrected chi connectivity index (χ1v) is 8.05. The Hall–Kier alpha value is -1.30. The Labute approximate surface area is 120 Å². The van der Waals surface area contributed by atoms with Gasteiger partial charge in [-0.05, 0) is 18.3 Å². The number of halogens is 1. The zero-order valence-electron chi connectivity index (χ0n) is 9.15. The van der Waals surface area contributed by atoms with E-state index in [-0.39, 0.29) is 24.5 Å². The van der Waals surface area contributed by atoms with Gasteiger partial charge in [0.05, 0.1) is 10.6 Å². The van der Waals surface area contributed by atoms with Crippen LogP contribution >= 0.6 is 34.3 Å². The van der Waals surface area contributed by atoms with E-state index < -0.39 is 14.9 Å². The molecule has 0 radical (unpaired) electrons. The Kier molecular flexibility index (Phi) is 3.71. The van der Waals surface area contributed by atoms with Crippen LogP contribution in [0.15, 0.2) is 10.4 Å².